The molecule has 0 atom stereocenters. The average Bonchev–Trinajstić information content (AvgIpc) is 2.78. The molecule has 6 nitrogen and oxygen atoms in total. The van der Waals surface area contributed by atoms with E-state index in [1.807, 2.05) is 11.8 Å². The van der Waals surface area contributed by atoms with E-state index in [0.29, 0.717) is 11.9 Å². The second-order valence-electron chi connectivity index (χ2n) is 3.59. The summed E-state index contributed by atoms with van der Waals surface area (Å²) in [6, 6.07) is 0.465. The maximum Gasteiger partial charge on any atom is 0.315 e. The van der Waals surface area contributed by atoms with Gasteiger partial charge >= 0.3 is 6.01 Å². The van der Waals surface area contributed by atoms with Crippen molar-refractivity contribution >= 4 is 17.8 Å². The van der Waals surface area contributed by atoms with Crippen molar-refractivity contribution in [2.24, 2.45) is 5.73 Å². The van der Waals surface area contributed by atoms with Gasteiger partial charge in [0.15, 0.2) is 0 Å². The molecule has 0 bridgehead atoms. The van der Waals surface area contributed by atoms with Crippen LogP contribution in [0.2, 0.25) is 0 Å². The summed E-state index contributed by atoms with van der Waals surface area (Å²) in [6.07, 6.45) is 0. The number of anilines is 1. The number of hydrogen-bond acceptors (Lipinski definition) is 7. The van der Waals surface area contributed by atoms with Crippen LogP contribution >= 0.6 is 11.8 Å². The van der Waals surface area contributed by atoms with Crippen molar-refractivity contribution in [2.75, 3.05) is 43.0 Å². The van der Waals surface area contributed by atoms with Crippen LogP contribution < -0.4 is 11.1 Å². The molecule has 0 amide bonds. The summed E-state index contributed by atoms with van der Waals surface area (Å²) in [5.41, 5.74) is 5.37. The van der Waals surface area contributed by atoms with Gasteiger partial charge in [0.25, 0.3) is 0 Å². The minimum atomic E-state index is 0.290. The van der Waals surface area contributed by atoms with Crippen molar-refractivity contribution in [3.05, 3.63) is 5.89 Å². The summed E-state index contributed by atoms with van der Waals surface area (Å²) in [5, 5.41) is 10.7. The molecule has 16 heavy (non-hydrogen) atoms. The van der Waals surface area contributed by atoms with E-state index >= 15 is 0 Å². The first-order chi connectivity index (χ1) is 7.88. The quantitative estimate of drug-likeness (QED) is 0.752. The van der Waals surface area contributed by atoms with Gasteiger partial charge in [0, 0.05) is 37.7 Å². The number of aromatic nitrogens is 2. The van der Waals surface area contributed by atoms with Crippen LogP contribution in [-0.2, 0) is 6.54 Å². The van der Waals surface area contributed by atoms with E-state index in [2.05, 4.69) is 20.4 Å². The van der Waals surface area contributed by atoms with E-state index < -0.39 is 0 Å². The van der Waals surface area contributed by atoms with E-state index in [4.69, 9.17) is 10.2 Å². The zero-order chi connectivity index (χ0) is 11.2. The van der Waals surface area contributed by atoms with Gasteiger partial charge in [-0.2, -0.15) is 11.8 Å². The number of hydrogen-bond donors (Lipinski definition) is 2. The highest BCUT2D eigenvalue weighted by atomic mass is 32.2. The molecule has 0 aromatic carbocycles. The number of nitrogens with zero attached hydrogens (tertiary/aromatic N) is 3. The third-order valence-corrected chi connectivity index (χ3v) is 3.39. The smallest absolute Gasteiger partial charge is 0.315 e. The summed E-state index contributed by atoms with van der Waals surface area (Å²) in [4.78, 5) is 2.43. The van der Waals surface area contributed by atoms with E-state index in [9.17, 15) is 0 Å². The van der Waals surface area contributed by atoms with Gasteiger partial charge in [-0.1, -0.05) is 5.10 Å². The van der Waals surface area contributed by atoms with Gasteiger partial charge in [-0.05, 0) is 0 Å². The van der Waals surface area contributed by atoms with Crippen LogP contribution in [0.5, 0.6) is 0 Å². The van der Waals surface area contributed by atoms with Crippen LogP contribution in [0.1, 0.15) is 5.89 Å². The van der Waals surface area contributed by atoms with Crippen molar-refractivity contribution in [3.63, 3.8) is 0 Å². The van der Waals surface area contributed by atoms with Crippen molar-refractivity contribution < 1.29 is 4.42 Å². The Bertz CT molecular complexity index is 313. The molecule has 1 aromatic rings. The first-order valence-electron chi connectivity index (χ1n) is 5.45. The van der Waals surface area contributed by atoms with Crippen molar-refractivity contribution in [1.29, 1.82) is 0 Å². The van der Waals surface area contributed by atoms with E-state index in [-0.39, 0.29) is 6.54 Å². The molecular formula is C9H17N5OS. The molecule has 1 fully saturated rings. The Kier molecular flexibility index (Phi) is 4.44. The zero-order valence-corrected chi connectivity index (χ0v) is 10.0. The molecule has 1 saturated heterocycles. The predicted molar refractivity (Wildman–Crippen MR) is 64.4 cm³/mol. The monoisotopic (exact) mass is 243 g/mol. The van der Waals surface area contributed by atoms with Gasteiger partial charge in [-0.3, -0.25) is 4.90 Å². The summed E-state index contributed by atoms with van der Waals surface area (Å²) in [5.74, 6) is 2.94. The Morgan fingerprint density at radius 1 is 1.38 bits per heavy atom. The third-order valence-electron chi connectivity index (χ3n) is 2.45. The third kappa shape index (κ3) is 3.36. The molecular weight excluding hydrogens is 226 g/mol. The molecule has 0 unspecified atom stereocenters. The van der Waals surface area contributed by atoms with E-state index in [1.54, 1.807) is 0 Å². The zero-order valence-electron chi connectivity index (χ0n) is 9.19. The van der Waals surface area contributed by atoms with E-state index in [1.165, 1.54) is 24.6 Å². The normalized spacial score (nSPS) is 17.6. The Labute approximate surface area is 99.0 Å². The van der Waals surface area contributed by atoms with E-state index in [0.717, 1.165) is 13.1 Å². The number of nitrogens with two attached hydrogens (primary N) is 1. The highest BCUT2D eigenvalue weighted by molar-refractivity contribution is 7.99. The Balaban J connectivity index is 1.66. The van der Waals surface area contributed by atoms with Crippen LogP contribution in [0.25, 0.3) is 0 Å². The van der Waals surface area contributed by atoms with Crippen molar-refractivity contribution in [2.45, 2.75) is 6.54 Å². The van der Waals surface area contributed by atoms with Gasteiger partial charge in [0.05, 0.1) is 6.54 Å². The van der Waals surface area contributed by atoms with Crippen LogP contribution in [0.3, 0.4) is 0 Å². The lowest BCUT2D eigenvalue weighted by Gasteiger charge is -2.25. The number of thioether (sulfide) groups is 1. The minimum Gasteiger partial charge on any atom is -0.407 e. The molecule has 90 valence electrons. The van der Waals surface area contributed by atoms with Gasteiger partial charge in [-0.15, -0.1) is 5.10 Å². The Hall–Kier alpha value is -0.790. The molecule has 3 N–H and O–H groups in total. The average molecular weight is 243 g/mol. The molecule has 0 saturated carbocycles. The standard InChI is InChI=1S/C9H17N5OS/c10-7-8-12-13-9(15-8)11-1-2-14-3-5-16-6-4-14/h1-7,10H2,(H,11,13). The van der Waals surface area contributed by atoms with Gasteiger partial charge in [-0.25, -0.2) is 0 Å². The second-order valence-corrected chi connectivity index (χ2v) is 4.81. The van der Waals surface area contributed by atoms with Crippen molar-refractivity contribution in [1.82, 2.24) is 15.1 Å². The summed E-state index contributed by atoms with van der Waals surface area (Å²) in [6.45, 7) is 4.48. The summed E-state index contributed by atoms with van der Waals surface area (Å²) < 4.78 is 5.24. The molecule has 1 aliphatic heterocycles. The van der Waals surface area contributed by atoms with Gasteiger partial charge in [0.2, 0.25) is 5.89 Å². The molecule has 0 spiro atoms. The lowest BCUT2D eigenvalue weighted by molar-refractivity contribution is 0.313. The fourth-order valence-electron chi connectivity index (χ4n) is 1.55. The summed E-state index contributed by atoms with van der Waals surface area (Å²) >= 11 is 2.02. The molecule has 7 heteroatoms. The molecule has 0 aliphatic carbocycles. The van der Waals surface area contributed by atoms with Crippen LogP contribution in [0, 0.1) is 0 Å². The Morgan fingerprint density at radius 3 is 2.88 bits per heavy atom. The van der Waals surface area contributed by atoms with Crippen LogP contribution in [-0.4, -0.2) is 52.8 Å². The largest absolute Gasteiger partial charge is 0.407 e. The molecule has 2 rings (SSSR count). The molecule has 0 radical (unpaired) electrons. The minimum absolute atomic E-state index is 0.290. The Morgan fingerprint density at radius 2 is 2.19 bits per heavy atom. The van der Waals surface area contributed by atoms with Crippen LogP contribution in [0.4, 0.5) is 6.01 Å². The lowest BCUT2D eigenvalue weighted by atomic mass is 10.4. The van der Waals surface area contributed by atoms with Crippen LogP contribution in [0.15, 0.2) is 4.42 Å². The second kappa shape index (κ2) is 6.07. The maximum absolute atomic E-state index is 5.37. The topological polar surface area (TPSA) is 80.2 Å². The molecule has 1 aliphatic rings. The maximum atomic E-state index is 5.37. The number of rotatable bonds is 5. The first-order valence-corrected chi connectivity index (χ1v) is 6.60. The predicted octanol–water partition coefficient (Wildman–Crippen LogP) is -0.0110. The van der Waals surface area contributed by atoms with Crippen molar-refractivity contribution in [3.8, 4) is 0 Å². The lowest BCUT2D eigenvalue weighted by Crippen LogP contribution is -2.36. The number of nitrogens with one attached hydrogen (secondary N) is 1. The fraction of sp³-hybridized carbons (Fsp3) is 0.778. The first kappa shape index (κ1) is 11.7. The SMILES string of the molecule is NCc1nnc(NCCN2CCSCC2)o1. The fourth-order valence-corrected chi connectivity index (χ4v) is 2.53. The van der Waals surface area contributed by atoms with Gasteiger partial charge < -0.3 is 15.5 Å². The highest BCUT2D eigenvalue weighted by Crippen LogP contribution is 2.09. The highest BCUT2D eigenvalue weighted by Gasteiger charge is 2.10. The van der Waals surface area contributed by atoms with Gasteiger partial charge in [0.1, 0.15) is 0 Å². The summed E-state index contributed by atoms with van der Waals surface area (Å²) in [7, 11) is 0. The molecule has 1 aromatic heterocycles. The molecule has 2 heterocycles.